The van der Waals surface area contributed by atoms with Crippen LogP contribution in [0.3, 0.4) is 0 Å². The van der Waals surface area contributed by atoms with Crippen LogP contribution in [-0.2, 0) is 19.1 Å². The Morgan fingerprint density at radius 1 is 1.08 bits per heavy atom. The largest absolute Gasteiger partial charge is 0.444 e. The van der Waals surface area contributed by atoms with E-state index in [-0.39, 0.29) is 24.3 Å². The van der Waals surface area contributed by atoms with E-state index >= 15 is 0 Å². The van der Waals surface area contributed by atoms with Crippen LogP contribution in [-0.4, -0.2) is 103 Å². The Hall–Kier alpha value is -2.88. The number of nitrogens with one attached hydrogen (secondary N) is 2. The lowest BCUT2D eigenvalue weighted by atomic mass is 9.97. The fourth-order valence-corrected chi connectivity index (χ4v) is 5.40. The molecule has 2 aliphatic heterocycles. The Morgan fingerprint density at radius 3 is 2.46 bits per heavy atom. The van der Waals surface area contributed by atoms with Gasteiger partial charge in [-0.3, -0.25) is 14.5 Å². The van der Waals surface area contributed by atoms with Gasteiger partial charge in [0.15, 0.2) is 0 Å². The minimum absolute atomic E-state index is 0.0798. The molecule has 1 saturated heterocycles. The molecule has 39 heavy (non-hydrogen) atoms. The lowest BCUT2D eigenvalue weighted by molar-refractivity contribution is -0.136. The van der Waals surface area contributed by atoms with Gasteiger partial charge in [0.05, 0.1) is 0 Å². The standard InChI is InChI=1S/C29H47N5O5/c1-29(2,3)39-28(38)33-18-16-32(17-19-33)15-8-6-5-7-14-31-24-12-9-11-22-23(24)21-34(27(22)37)25(13-10-20-35)26(36)30-4/h12,20,25,31H,5-11,13-19,21H2,1-4H3,(H,30,36). The zero-order valence-corrected chi connectivity index (χ0v) is 24.2. The van der Waals surface area contributed by atoms with Crippen LogP contribution in [0.15, 0.2) is 22.9 Å². The van der Waals surface area contributed by atoms with Crippen molar-refractivity contribution in [3.8, 4) is 0 Å². The number of amides is 3. The quantitative estimate of drug-likeness (QED) is 0.270. The van der Waals surface area contributed by atoms with Crippen molar-refractivity contribution in [3.63, 3.8) is 0 Å². The number of nitrogens with zero attached hydrogens (tertiary/aromatic N) is 3. The first-order valence-electron chi connectivity index (χ1n) is 14.5. The molecule has 0 radical (unpaired) electrons. The number of carbonyl (C=O) groups excluding carboxylic acids is 4. The van der Waals surface area contributed by atoms with Crippen molar-refractivity contribution in [1.82, 2.24) is 25.3 Å². The molecule has 3 aliphatic rings. The molecule has 1 aliphatic carbocycles. The molecular formula is C29H47N5O5. The van der Waals surface area contributed by atoms with Gasteiger partial charge in [-0.05, 0) is 59.4 Å². The highest BCUT2D eigenvalue weighted by Crippen LogP contribution is 2.33. The van der Waals surface area contributed by atoms with Crippen molar-refractivity contribution in [2.75, 3.05) is 52.9 Å². The average molecular weight is 546 g/mol. The molecule has 218 valence electrons. The summed E-state index contributed by atoms with van der Waals surface area (Å²) in [5, 5.41) is 6.17. The highest BCUT2D eigenvalue weighted by atomic mass is 16.6. The van der Waals surface area contributed by atoms with Gasteiger partial charge in [-0.1, -0.05) is 18.9 Å². The van der Waals surface area contributed by atoms with Crippen LogP contribution in [0.4, 0.5) is 4.79 Å². The summed E-state index contributed by atoms with van der Waals surface area (Å²) >= 11 is 0. The minimum atomic E-state index is -0.625. The van der Waals surface area contributed by atoms with Crippen molar-refractivity contribution in [1.29, 1.82) is 0 Å². The van der Waals surface area contributed by atoms with Gasteiger partial charge in [0.25, 0.3) is 5.91 Å². The molecule has 1 unspecified atom stereocenters. The molecule has 3 rings (SSSR count). The van der Waals surface area contributed by atoms with E-state index in [9.17, 15) is 19.2 Å². The number of hydrogen-bond acceptors (Lipinski definition) is 7. The number of ether oxygens (including phenoxy) is 1. The zero-order valence-electron chi connectivity index (χ0n) is 24.2. The van der Waals surface area contributed by atoms with Crippen molar-refractivity contribution in [2.24, 2.45) is 0 Å². The molecular weight excluding hydrogens is 498 g/mol. The van der Waals surface area contributed by atoms with E-state index < -0.39 is 11.6 Å². The highest BCUT2D eigenvalue weighted by Gasteiger charge is 2.39. The van der Waals surface area contributed by atoms with Gasteiger partial charge in [-0.15, -0.1) is 0 Å². The topological polar surface area (TPSA) is 111 Å². The predicted molar refractivity (Wildman–Crippen MR) is 150 cm³/mol. The van der Waals surface area contributed by atoms with E-state index in [1.807, 2.05) is 20.8 Å². The molecule has 0 aromatic heterocycles. The number of aldehydes is 1. The average Bonchev–Trinajstić information content (AvgIpc) is 3.24. The molecule has 2 heterocycles. The number of unbranched alkanes of at least 4 members (excludes halogenated alkanes) is 3. The third kappa shape index (κ3) is 8.81. The SMILES string of the molecule is CNC(=O)C(CCC=O)N1CC2=C(CCC=C2NCCCCCCN2CCN(C(=O)OC(C)(C)C)CC2)C1=O. The lowest BCUT2D eigenvalue weighted by Gasteiger charge is -2.35. The first-order chi connectivity index (χ1) is 18.6. The third-order valence-corrected chi connectivity index (χ3v) is 7.50. The van der Waals surface area contributed by atoms with E-state index in [0.717, 1.165) is 81.4 Å². The third-order valence-electron chi connectivity index (χ3n) is 7.50. The number of likely N-dealkylation sites (N-methyl/N-ethyl adjacent to an activating group) is 1. The summed E-state index contributed by atoms with van der Waals surface area (Å²) in [5.41, 5.74) is 2.35. The van der Waals surface area contributed by atoms with Gasteiger partial charge in [0.2, 0.25) is 5.91 Å². The Morgan fingerprint density at radius 2 is 1.79 bits per heavy atom. The smallest absolute Gasteiger partial charge is 0.410 e. The maximum absolute atomic E-state index is 13.1. The number of rotatable bonds is 13. The van der Waals surface area contributed by atoms with Crippen LogP contribution >= 0.6 is 0 Å². The summed E-state index contributed by atoms with van der Waals surface area (Å²) in [6.07, 6.45) is 9.27. The molecule has 0 aromatic carbocycles. The second-order valence-electron chi connectivity index (χ2n) is 11.6. The molecule has 0 bridgehead atoms. The van der Waals surface area contributed by atoms with Gasteiger partial charge < -0.3 is 30.0 Å². The van der Waals surface area contributed by atoms with Crippen LogP contribution in [0.2, 0.25) is 0 Å². The van der Waals surface area contributed by atoms with Crippen LogP contribution in [0.1, 0.15) is 72.1 Å². The number of carbonyl (C=O) groups is 4. The Kier molecular flexibility index (Phi) is 11.4. The van der Waals surface area contributed by atoms with Crippen molar-refractivity contribution in [3.05, 3.63) is 22.9 Å². The second kappa shape index (κ2) is 14.5. The van der Waals surface area contributed by atoms with Crippen LogP contribution in [0, 0.1) is 0 Å². The van der Waals surface area contributed by atoms with E-state index in [1.165, 1.54) is 0 Å². The molecule has 0 aromatic rings. The number of hydrogen-bond donors (Lipinski definition) is 2. The lowest BCUT2D eigenvalue weighted by Crippen LogP contribution is -2.50. The molecule has 3 amide bonds. The van der Waals surface area contributed by atoms with Gasteiger partial charge >= 0.3 is 6.09 Å². The summed E-state index contributed by atoms with van der Waals surface area (Å²) in [6, 6.07) is -0.625. The molecule has 0 saturated carbocycles. The Labute approximate surface area is 233 Å². The molecule has 10 nitrogen and oxygen atoms in total. The first kappa shape index (κ1) is 30.7. The van der Waals surface area contributed by atoms with E-state index in [0.29, 0.717) is 32.5 Å². The summed E-state index contributed by atoms with van der Waals surface area (Å²) in [5.74, 6) is -0.308. The van der Waals surface area contributed by atoms with Crippen molar-refractivity contribution < 1.29 is 23.9 Å². The fraction of sp³-hybridized carbons (Fsp3) is 0.724. The minimum Gasteiger partial charge on any atom is -0.444 e. The van der Waals surface area contributed by atoms with Gasteiger partial charge in [-0.2, -0.15) is 0 Å². The van der Waals surface area contributed by atoms with Crippen LogP contribution < -0.4 is 10.6 Å². The predicted octanol–water partition coefficient (Wildman–Crippen LogP) is 2.60. The summed E-state index contributed by atoms with van der Waals surface area (Å²) in [7, 11) is 1.56. The molecule has 1 fully saturated rings. The highest BCUT2D eigenvalue weighted by molar-refractivity contribution is 6.01. The monoisotopic (exact) mass is 545 g/mol. The Bertz CT molecular complexity index is 946. The van der Waals surface area contributed by atoms with Crippen LogP contribution in [0.5, 0.6) is 0 Å². The van der Waals surface area contributed by atoms with Gasteiger partial charge in [-0.25, -0.2) is 4.79 Å². The molecule has 0 spiro atoms. The van der Waals surface area contributed by atoms with Crippen molar-refractivity contribution >= 4 is 24.2 Å². The van der Waals surface area contributed by atoms with Gasteiger partial charge in [0, 0.05) is 69.6 Å². The first-order valence-corrected chi connectivity index (χ1v) is 14.5. The van der Waals surface area contributed by atoms with E-state index in [2.05, 4.69) is 21.6 Å². The fourth-order valence-electron chi connectivity index (χ4n) is 5.40. The maximum Gasteiger partial charge on any atom is 0.410 e. The van der Waals surface area contributed by atoms with Gasteiger partial charge in [0.1, 0.15) is 17.9 Å². The summed E-state index contributed by atoms with van der Waals surface area (Å²) < 4.78 is 5.47. The van der Waals surface area contributed by atoms with E-state index in [4.69, 9.17) is 4.74 Å². The normalized spacial score (nSPS) is 19.0. The number of allylic oxidation sites excluding steroid dienone is 1. The maximum atomic E-state index is 13.1. The van der Waals surface area contributed by atoms with Crippen LogP contribution in [0.25, 0.3) is 0 Å². The summed E-state index contributed by atoms with van der Waals surface area (Å²) in [6.45, 7) is 11.2. The molecule has 1 atom stereocenters. The van der Waals surface area contributed by atoms with E-state index in [1.54, 1.807) is 16.8 Å². The second-order valence-corrected chi connectivity index (χ2v) is 11.6. The number of piperazine rings is 1. The molecule has 10 heteroatoms. The Balaban J connectivity index is 1.34. The zero-order chi connectivity index (χ0) is 28.4. The van der Waals surface area contributed by atoms with Crippen molar-refractivity contribution in [2.45, 2.75) is 83.8 Å². The summed E-state index contributed by atoms with van der Waals surface area (Å²) in [4.78, 5) is 54.5. The molecule has 2 N–H and O–H groups in total.